The maximum atomic E-state index is 10.8. The van der Waals surface area contributed by atoms with Gasteiger partial charge in [0, 0.05) is 17.4 Å². The molecule has 1 heterocycles. The van der Waals surface area contributed by atoms with Crippen LogP contribution in [-0.2, 0) is 45.0 Å². The van der Waals surface area contributed by atoms with Gasteiger partial charge in [-0.25, -0.2) is 0 Å². The highest BCUT2D eigenvalue weighted by Crippen LogP contribution is 2.31. The summed E-state index contributed by atoms with van der Waals surface area (Å²) in [5.41, 5.74) is 12.8. The molecule has 0 amide bonds. The molecule has 0 aliphatic carbocycles. The summed E-state index contributed by atoms with van der Waals surface area (Å²) in [4.78, 5) is 2.79. The number of rotatable bonds is 14. The van der Waals surface area contributed by atoms with E-state index in [-0.39, 0.29) is 12.0 Å². The summed E-state index contributed by atoms with van der Waals surface area (Å²) in [5, 5.41) is 14.4. The fourth-order valence-corrected chi connectivity index (χ4v) is 4.77. The van der Waals surface area contributed by atoms with Gasteiger partial charge in [0.05, 0.1) is 32.5 Å². The second-order valence-corrected chi connectivity index (χ2v) is 9.79. The standard InChI is InChI=1S/C31H37N3O5/c1-23-29(37-20-26-8-4-2-5-9-26)28(39-31(35)30(23)38-21-27-10-6-3-7-11-27)22-36-19-17-25-14-12-24(13-15-25)16-18-33-34-32/h2-15,23,28-31,35H,16-22H2,1H3/t23-,28?,29+,30?,31?/m0/s1. The number of benzene rings is 3. The van der Waals surface area contributed by atoms with Crippen LogP contribution in [0.25, 0.3) is 10.4 Å². The molecule has 1 N–H and O–H groups in total. The van der Waals surface area contributed by atoms with E-state index < -0.39 is 18.5 Å². The summed E-state index contributed by atoms with van der Waals surface area (Å²) >= 11 is 0. The Kier molecular flexibility index (Phi) is 11.3. The first-order valence-corrected chi connectivity index (χ1v) is 13.4. The van der Waals surface area contributed by atoms with Crippen molar-refractivity contribution in [2.24, 2.45) is 11.0 Å². The third-order valence-corrected chi connectivity index (χ3v) is 6.97. The minimum Gasteiger partial charge on any atom is -0.378 e. The maximum Gasteiger partial charge on any atom is 0.182 e. The number of hydrogen-bond donors (Lipinski definition) is 1. The third kappa shape index (κ3) is 8.90. The average Bonchev–Trinajstić information content (AvgIpc) is 2.97. The van der Waals surface area contributed by atoms with Gasteiger partial charge in [-0.15, -0.1) is 0 Å². The average molecular weight is 532 g/mol. The quantitative estimate of drug-likeness (QED) is 0.126. The first-order valence-electron chi connectivity index (χ1n) is 13.4. The van der Waals surface area contributed by atoms with Crippen molar-refractivity contribution >= 4 is 0 Å². The van der Waals surface area contributed by atoms with Gasteiger partial charge < -0.3 is 24.1 Å². The number of hydrogen-bond acceptors (Lipinski definition) is 6. The predicted octanol–water partition coefficient (Wildman–Crippen LogP) is 5.62. The summed E-state index contributed by atoms with van der Waals surface area (Å²) in [6.07, 6.45) is -0.880. The number of ether oxygens (including phenoxy) is 4. The molecule has 0 radical (unpaired) electrons. The van der Waals surface area contributed by atoms with Crippen LogP contribution in [0.15, 0.2) is 90.0 Å². The zero-order valence-electron chi connectivity index (χ0n) is 22.3. The molecule has 3 aromatic rings. The van der Waals surface area contributed by atoms with Crippen LogP contribution >= 0.6 is 0 Å². The van der Waals surface area contributed by atoms with Crippen molar-refractivity contribution in [2.45, 2.75) is 57.6 Å². The highest BCUT2D eigenvalue weighted by molar-refractivity contribution is 5.23. The van der Waals surface area contributed by atoms with Crippen LogP contribution in [0.2, 0.25) is 0 Å². The Balaban J connectivity index is 1.32. The zero-order chi connectivity index (χ0) is 27.3. The Bertz CT molecular complexity index is 1160. The molecule has 1 saturated heterocycles. The van der Waals surface area contributed by atoms with Crippen LogP contribution in [0, 0.1) is 5.92 Å². The second kappa shape index (κ2) is 15.4. The highest BCUT2D eigenvalue weighted by atomic mass is 16.7. The Morgan fingerprint density at radius 2 is 1.36 bits per heavy atom. The minimum absolute atomic E-state index is 0.118. The van der Waals surface area contributed by atoms with Crippen LogP contribution in [0.5, 0.6) is 0 Å². The van der Waals surface area contributed by atoms with E-state index >= 15 is 0 Å². The number of nitrogens with zero attached hydrogens (tertiary/aromatic N) is 3. The number of aliphatic hydroxyl groups is 1. The minimum atomic E-state index is -1.08. The Hall–Kier alpha value is -3.23. The molecule has 8 heteroatoms. The molecule has 0 saturated carbocycles. The molecule has 1 aliphatic heterocycles. The number of aliphatic hydroxyl groups excluding tert-OH is 1. The zero-order valence-corrected chi connectivity index (χ0v) is 22.3. The third-order valence-electron chi connectivity index (χ3n) is 6.97. The molecule has 3 unspecified atom stereocenters. The SMILES string of the molecule is C[C@@H]1C(OCc2ccccc2)C(O)OC(COCCc2ccc(CCN=[N+]=[N-])cc2)[C@@H]1OCc1ccccc1. The van der Waals surface area contributed by atoms with E-state index in [2.05, 4.69) is 22.2 Å². The highest BCUT2D eigenvalue weighted by Gasteiger charge is 2.44. The smallest absolute Gasteiger partial charge is 0.182 e. The van der Waals surface area contributed by atoms with E-state index in [1.54, 1.807) is 0 Å². The summed E-state index contributed by atoms with van der Waals surface area (Å²) in [6, 6.07) is 28.1. The Labute approximate surface area is 230 Å². The molecule has 39 heavy (non-hydrogen) atoms. The van der Waals surface area contributed by atoms with Gasteiger partial charge in [0.25, 0.3) is 0 Å². The topological polar surface area (TPSA) is 106 Å². The van der Waals surface area contributed by atoms with Crippen molar-refractivity contribution < 1.29 is 24.1 Å². The lowest BCUT2D eigenvalue weighted by Crippen LogP contribution is -2.56. The summed E-state index contributed by atoms with van der Waals surface area (Å²) in [7, 11) is 0. The molecule has 0 spiro atoms. The van der Waals surface area contributed by atoms with Gasteiger partial charge in [-0.05, 0) is 40.6 Å². The molecular weight excluding hydrogens is 494 g/mol. The van der Waals surface area contributed by atoms with Gasteiger partial charge in [0.1, 0.15) is 12.2 Å². The second-order valence-electron chi connectivity index (χ2n) is 9.79. The molecule has 0 aromatic heterocycles. The normalized spacial score (nSPS) is 22.8. The van der Waals surface area contributed by atoms with Crippen LogP contribution in [0.4, 0.5) is 0 Å². The molecule has 1 fully saturated rings. The fourth-order valence-electron chi connectivity index (χ4n) is 4.77. The largest absolute Gasteiger partial charge is 0.378 e. The lowest BCUT2D eigenvalue weighted by atomic mass is 9.90. The first kappa shape index (κ1) is 28.8. The molecule has 5 atom stereocenters. The van der Waals surface area contributed by atoms with E-state index in [1.165, 1.54) is 0 Å². The Morgan fingerprint density at radius 1 is 0.795 bits per heavy atom. The molecule has 0 bridgehead atoms. The fraction of sp³-hybridized carbons (Fsp3) is 0.419. The van der Waals surface area contributed by atoms with Crippen LogP contribution < -0.4 is 0 Å². The predicted molar refractivity (Wildman–Crippen MR) is 149 cm³/mol. The van der Waals surface area contributed by atoms with Gasteiger partial charge in [-0.3, -0.25) is 0 Å². The van der Waals surface area contributed by atoms with E-state index in [0.29, 0.717) is 33.0 Å². The van der Waals surface area contributed by atoms with E-state index in [0.717, 1.165) is 35.1 Å². The van der Waals surface area contributed by atoms with E-state index in [1.807, 2.05) is 79.7 Å². The molecule has 8 nitrogen and oxygen atoms in total. The van der Waals surface area contributed by atoms with Crippen molar-refractivity contribution in [3.63, 3.8) is 0 Å². The van der Waals surface area contributed by atoms with Gasteiger partial charge in [-0.1, -0.05) is 97.0 Å². The van der Waals surface area contributed by atoms with Crippen molar-refractivity contribution in [2.75, 3.05) is 19.8 Å². The number of azide groups is 1. The van der Waals surface area contributed by atoms with Gasteiger partial charge in [0.15, 0.2) is 6.29 Å². The monoisotopic (exact) mass is 531 g/mol. The van der Waals surface area contributed by atoms with Crippen molar-refractivity contribution in [1.29, 1.82) is 0 Å². The van der Waals surface area contributed by atoms with Gasteiger partial charge in [0.2, 0.25) is 0 Å². The molecule has 206 valence electrons. The maximum absolute atomic E-state index is 10.8. The van der Waals surface area contributed by atoms with Crippen molar-refractivity contribution in [1.82, 2.24) is 0 Å². The lowest BCUT2D eigenvalue weighted by Gasteiger charge is -2.43. The lowest BCUT2D eigenvalue weighted by molar-refractivity contribution is -0.293. The van der Waals surface area contributed by atoms with Gasteiger partial charge >= 0.3 is 0 Å². The molecular formula is C31H37N3O5. The van der Waals surface area contributed by atoms with Crippen molar-refractivity contribution in [3.8, 4) is 0 Å². The van der Waals surface area contributed by atoms with E-state index in [9.17, 15) is 5.11 Å². The van der Waals surface area contributed by atoms with Crippen molar-refractivity contribution in [3.05, 3.63) is 118 Å². The molecule has 1 aliphatic rings. The van der Waals surface area contributed by atoms with Crippen LogP contribution in [0.3, 0.4) is 0 Å². The molecule has 4 rings (SSSR count). The van der Waals surface area contributed by atoms with Crippen LogP contribution in [0.1, 0.15) is 29.2 Å². The van der Waals surface area contributed by atoms with Crippen LogP contribution in [-0.4, -0.2) is 49.5 Å². The first-order chi connectivity index (χ1) is 19.1. The summed E-state index contributed by atoms with van der Waals surface area (Å²) in [5.74, 6) is -0.118. The Morgan fingerprint density at radius 3 is 1.95 bits per heavy atom. The van der Waals surface area contributed by atoms with Gasteiger partial charge in [-0.2, -0.15) is 0 Å². The van der Waals surface area contributed by atoms with E-state index in [4.69, 9.17) is 24.5 Å². The summed E-state index contributed by atoms with van der Waals surface area (Å²) < 4.78 is 24.5. The molecule has 3 aromatic carbocycles. The summed E-state index contributed by atoms with van der Waals surface area (Å²) in [6.45, 7) is 4.12.